The normalized spacial score (nSPS) is 26.1. The van der Waals surface area contributed by atoms with Crippen molar-refractivity contribution >= 4 is 45.4 Å². The third kappa shape index (κ3) is 11.5. The number of amides is 2. The quantitative estimate of drug-likeness (QED) is 0.125. The summed E-state index contributed by atoms with van der Waals surface area (Å²) in [5.41, 5.74) is 1.56. The molecule has 2 atom stereocenters. The fraction of sp³-hybridized carbons (Fsp3) is 0.692. The van der Waals surface area contributed by atoms with Gasteiger partial charge in [-0.3, -0.25) is 19.4 Å². The number of halogens is 2. The number of rotatable bonds is 15. The number of anilines is 2. The van der Waals surface area contributed by atoms with Crippen LogP contribution in [0.1, 0.15) is 89.0 Å². The van der Waals surface area contributed by atoms with Gasteiger partial charge in [0.25, 0.3) is 0 Å². The molecule has 2 saturated carbocycles. The van der Waals surface area contributed by atoms with E-state index in [0.29, 0.717) is 55.0 Å². The van der Waals surface area contributed by atoms with Gasteiger partial charge in [0.15, 0.2) is 29.1 Å². The van der Waals surface area contributed by atoms with Gasteiger partial charge >= 0.3 is 0 Å². The summed E-state index contributed by atoms with van der Waals surface area (Å²) in [6.07, 6.45) is 11.7. The molecule has 4 aliphatic heterocycles. The van der Waals surface area contributed by atoms with Crippen LogP contribution < -0.4 is 20.4 Å². The number of aromatic nitrogens is 2. The molecule has 2 amide bonds. The maximum atomic E-state index is 14.7. The third-order valence-corrected chi connectivity index (χ3v) is 16.5. The van der Waals surface area contributed by atoms with Crippen molar-refractivity contribution in [2.24, 2.45) is 29.6 Å². The van der Waals surface area contributed by atoms with Gasteiger partial charge in [-0.25, -0.2) is 8.78 Å². The number of aryl methyl sites for hydroxylation is 1. The number of hydrogen-bond donors (Lipinski definition) is 2. The molecule has 4 saturated heterocycles. The van der Waals surface area contributed by atoms with Crippen LogP contribution in [0.5, 0.6) is 0 Å². The van der Waals surface area contributed by atoms with E-state index in [1.807, 2.05) is 6.07 Å². The van der Waals surface area contributed by atoms with Crippen LogP contribution in [-0.2, 0) is 23.8 Å². The number of piperazine rings is 2. The van der Waals surface area contributed by atoms with Crippen LogP contribution in [0, 0.1) is 48.1 Å². The monoisotopic (exact) mass is 959 g/mol. The smallest absolute Gasteiger partial charge is 0.229 e. The Bertz CT molecular complexity index is 2320. The van der Waals surface area contributed by atoms with Gasteiger partial charge in [0.1, 0.15) is 17.6 Å². The highest BCUT2D eigenvalue weighted by Crippen LogP contribution is 2.37. The number of carbonyl (C=O) groups excluding carboxylic acids is 2. The molecule has 4 aromatic rings. The van der Waals surface area contributed by atoms with Crippen molar-refractivity contribution in [3.8, 4) is 0 Å². The summed E-state index contributed by atoms with van der Waals surface area (Å²) in [5, 5.41) is 17.2. The molecule has 2 aromatic carbocycles. The lowest BCUT2D eigenvalue weighted by Gasteiger charge is -2.41. The van der Waals surface area contributed by atoms with Crippen molar-refractivity contribution in [1.29, 1.82) is 0 Å². The predicted molar refractivity (Wildman–Crippen MR) is 258 cm³/mol. The lowest BCUT2D eigenvalue weighted by Crippen LogP contribution is -2.55. The molecular formula is C52H72F2N8O7. The number of ether oxygens (including phenoxy) is 3. The summed E-state index contributed by atoms with van der Waals surface area (Å²) in [6.45, 7) is 13.2. The summed E-state index contributed by atoms with van der Waals surface area (Å²) < 4.78 is 56.9. The minimum absolute atomic E-state index is 0.00638. The van der Waals surface area contributed by atoms with Gasteiger partial charge in [-0.2, -0.15) is 0 Å². The van der Waals surface area contributed by atoms with E-state index in [-0.39, 0.29) is 41.5 Å². The number of carbonyl (C=O) groups is 2. The van der Waals surface area contributed by atoms with E-state index < -0.39 is 18.1 Å². The molecule has 6 heterocycles. The van der Waals surface area contributed by atoms with Crippen LogP contribution >= 0.6 is 0 Å². The van der Waals surface area contributed by atoms with Crippen molar-refractivity contribution in [1.82, 2.24) is 30.7 Å². The second kappa shape index (κ2) is 22.3. The summed E-state index contributed by atoms with van der Waals surface area (Å²) in [4.78, 5) is 38.9. The minimum atomic E-state index is -0.762. The highest BCUT2D eigenvalue weighted by molar-refractivity contribution is 5.90. The van der Waals surface area contributed by atoms with E-state index in [2.05, 4.69) is 40.5 Å². The fourth-order valence-electron chi connectivity index (χ4n) is 12.2. The highest BCUT2D eigenvalue weighted by Gasteiger charge is 2.47. The first-order chi connectivity index (χ1) is 33.7. The maximum absolute atomic E-state index is 14.7. The van der Waals surface area contributed by atoms with E-state index in [4.69, 9.17) is 23.3 Å². The lowest BCUT2D eigenvalue weighted by molar-refractivity contribution is -0.218. The Morgan fingerprint density at radius 3 is 1.72 bits per heavy atom. The molecule has 69 heavy (non-hydrogen) atoms. The van der Waals surface area contributed by atoms with E-state index in [1.165, 1.54) is 18.2 Å². The van der Waals surface area contributed by atoms with Crippen molar-refractivity contribution < 1.29 is 41.6 Å². The fourth-order valence-corrected chi connectivity index (χ4v) is 12.2. The molecule has 0 radical (unpaired) electrons. The molecule has 17 heteroatoms. The Morgan fingerprint density at radius 1 is 0.638 bits per heavy atom. The van der Waals surface area contributed by atoms with Gasteiger partial charge in [0.05, 0.1) is 29.9 Å². The van der Waals surface area contributed by atoms with E-state index in [1.54, 1.807) is 13.0 Å². The molecule has 2 aliphatic carbocycles. The molecule has 0 spiro atoms. The van der Waals surface area contributed by atoms with Crippen LogP contribution in [0.2, 0.25) is 0 Å². The summed E-state index contributed by atoms with van der Waals surface area (Å²) in [7, 11) is 0. The van der Waals surface area contributed by atoms with Gasteiger partial charge in [-0.15, -0.1) is 0 Å². The largest absolute Gasteiger partial charge is 0.381 e. The van der Waals surface area contributed by atoms with Gasteiger partial charge in [-0.05, 0) is 145 Å². The van der Waals surface area contributed by atoms with Gasteiger partial charge in [0, 0.05) is 89.8 Å². The number of fused-ring (bicyclic) bond motifs is 2. The molecule has 10 rings (SSSR count). The zero-order valence-corrected chi connectivity index (χ0v) is 40.4. The maximum Gasteiger partial charge on any atom is 0.229 e. The molecule has 6 fully saturated rings. The first kappa shape index (κ1) is 48.2. The molecular weight excluding hydrogens is 887 g/mol. The van der Waals surface area contributed by atoms with Gasteiger partial charge in [-0.1, -0.05) is 10.3 Å². The van der Waals surface area contributed by atoms with E-state index >= 15 is 0 Å². The number of hydrogen-bond acceptors (Lipinski definition) is 13. The minimum Gasteiger partial charge on any atom is -0.381 e. The van der Waals surface area contributed by atoms with Crippen LogP contribution in [-0.4, -0.2) is 142 Å². The van der Waals surface area contributed by atoms with Crippen molar-refractivity contribution in [2.75, 3.05) is 102 Å². The predicted octanol–water partition coefficient (Wildman–Crippen LogP) is 7.05. The SMILES string of the molecule is Cc1cc2c(N3CCN(CCC4CCC(NC(=O)C(C5OCCCO5)C(C(=O)NC5CCC(CCN6CCN(c7noc8cc(F)ccc78)CC6)CC5)C5CCOCC5)CC4)CC3)noc2cc1F. The number of nitrogens with zero attached hydrogens (tertiary/aromatic N) is 6. The van der Waals surface area contributed by atoms with Crippen LogP contribution in [0.25, 0.3) is 21.9 Å². The Balaban J connectivity index is 0.684. The van der Waals surface area contributed by atoms with Crippen molar-refractivity contribution in [2.45, 2.75) is 109 Å². The van der Waals surface area contributed by atoms with E-state index in [9.17, 15) is 18.4 Å². The number of benzene rings is 2. The molecule has 2 aromatic heterocycles. The number of nitrogens with one attached hydrogen (secondary N) is 2. The first-order valence-corrected chi connectivity index (χ1v) is 26.2. The lowest BCUT2D eigenvalue weighted by atomic mass is 9.75. The van der Waals surface area contributed by atoms with E-state index in [0.717, 1.165) is 171 Å². The summed E-state index contributed by atoms with van der Waals surface area (Å²) in [6, 6.07) is 7.98. The average molecular weight is 959 g/mol. The highest BCUT2D eigenvalue weighted by atomic mass is 19.1. The van der Waals surface area contributed by atoms with Crippen molar-refractivity contribution in [3.05, 3.63) is 47.5 Å². The second-order valence-electron chi connectivity index (χ2n) is 20.9. The summed E-state index contributed by atoms with van der Waals surface area (Å²) >= 11 is 0. The molecule has 6 aliphatic rings. The third-order valence-electron chi connectivity index (χ3n) is 16.5. The topological polar surface area (TPSA) is 151 Å². The van der Waals surface area contributed by atoms with Crippen LogP contribution in [0.15, 0.2) is 39.4 Å². The standard InChI is InChI=1S/C52H72F2N8O7/c1-34-31-42-45(33-43(34)54)69-58-49(42)62-25-21-60(22-26-62)18-14-36-5-10-40(11-6-36)56-51(64)47(52-66-27-2-28-67-52)46(37-15-29-65-30-16-37)50(63)55-39-8-3-35(4-9-39)13-17-59-19-23-61(24-20-59)48-41-12-7-38(53)32-44(41)68-57-48/h7,12,31-33,35-37,39-40,46-47,52H,2-6,8-11,13-30H2,1H3,(H,55,63)(H,56,64). The molecule has 376 valence electrons. The zero-order valence-electron chi connectivity index (χ0n) is 40.4. The molecule has 0 bridgehead atoms. The van der Waals surface area contributed by atoms with Crippen molar-refractivity contribution in [3.63, 3.8) is 0 Å². The summed E-state index contributed by atoms with van der Waals surface area (Å²) in [5.74, 6) is 0.705. The van der Waals surface area contributed by atoms with Crippen LogP contribution in [0.3, 0.4) is 0 Å². The van der Waals surface area contributed by atoms with Gasteiger partial charge in [0.2, 0.25) is 11.8 Å². The first-order valence-electron chi connectivity index (χ1n) is 26.2. The Hall–Kier alpha value is -4.42. The molecule has 15 nitrogen and oxygen atoms in total. The zero-order chi connectivity index (χ0) is 47.3. The Labute approximate surface area is 404 Å². The molecule has 2 N–H and O–H groups in total. The van der Waals surface area contributed by atoms with Crippen LogP contribution in [0.4, 0.5) is 20.4 Å². The molecule has 2 unspecified atom stereocenters. The van der Waals surface area contributed by atoms with Gasteiger partial charge < -0.3 is 43.7 Å². The Morgan fingerprint density at radius 2 is 1.16 bits per heavy atom. The Kier molecular flexibility index (Phi) is 15.6. The average Bonchev–Trinajstić information content (AvgIpc) is 3.99. The second-order valence-corrected chi connectivity index (χ2v) is 20.9.